The van der Waals surface area contributed by atoms with E-state index in [-0.39, 0.29) is 12.4 Å². The van der Waals surface area contributed by atoms with Crippen molar-refractivity contribution < 1.29 is 14.3 Å². The maximum atomic E-state index is 13.7. The van der Waals surface area contributed by atoms with Crippen LogP contribution < -0.4 is 5.73 Å². The van der Waals surface area contributed by atoms with Crippen molar-refractivity contribution in [3.05, 3.63) is 129 Å². The Morgan fingerprint density at radius 2 is 1.67 bits per heavy atom. The van der Waals surface area contributed by atoms with Crippen molar-refractivity contribution in [2.24, 2.45) is 5.73 Å². The van der Waals surface area contributed by atoms with Crippen LogP contribution >= 0.6 is 0 Å². The molecule has 4 aromatic rings. The predicted molar refractivity (Wildman–Crippen MR) is 150 cm³/mol. The van der Waals surface area contributed by atoms with Crippen LogP contribution in [0.3, 0.4) is 0 Å². The summed E-state index contributed by atoms with van der Waals surface area (Å²) >= 11 is 0. The van der Waals surface area contributed by atoms with Crippen molar-refractivity contribution >= 4 is 5.91 Å². The average Bonchev–Trinajstić information content (AvgIpc) is 2.90. The lowest BCUT2D eigenvalue weighted by atomic mass is 9.77. The maximum absolute atomic E-state index is 13.7. The van der Waals surface area contributed by atoms with Gasteiger partial charge >= 0.3 is 0 Å². The number of primary amides is 1. The van der Waals surface area contributed by atoms with Crippen molar-refractivity contribution in [3.8, 4) is 0 Å². The number of carbonyl (C=O) groups is 1. The Balaban J connectivity index is 1.73. The molecule has 0 fully saturated rings. The number of amides is 1. The zero-order valence-corrected chi connectivity index (χ0v) is 22.9. The summed E-state index contributed by atoms with van der Waals surface area (Å²) in [6, 6.07) is 17.9. The number of pyridine rings is 2. The number of halogens is 1. The second-order valence-electron chi connectivity index (χ2n) is 10.6. The Kier molecular flexibility index (Phi) is 8.53. The van der Waals surface area contributed by atoms with Gasteiger partial charge in [-0.1, -0.05) is 44.2 Å². The molecule has 0 spiro atoms. The van der Waals surface area contributed by atoms with Gasteiger partial charge in [0, 0.05) is 43.0 Å². The molecule has 202 valence electrons. The smallest absolute Gasteiger partial charge is 0.248 e. The first-order valence-electron chi connectivity index (χ1n) is 13.0. The first kappa shape index (κ1) is 28.1. The molecule has 39 heavy (non-hydrogen) atoms. The lowest BCUT2D eigenvalue weighted by Crippen LogP contribution is -2.28. The Morgan fingerprint density at radius 1 is 0.949 bits per heavy atom. The van der Waals surface area contributed by atoms with Gasteiger partial charge in [0.05, 0.1) is 18.0 Å². The molecule has 0 aliphatic heterocycles. The number of aryl methyl sites for hydroxylation is 2. The van der Waals surface area contributed by atoms with E-state index in [1.54, 1.807) is 18.3 Å². The topological polar surface area (TPSA) is 92.3 Å². The predicted octanol–water partition coefficient (Wildman–Crippen LogP) is 5.35. The third-order valence-corrected chi connectivity index (χ3v) is 7.25. The minimum Gasteiger partial charge on any atom is -0.392 e. The molecule has 6 nitrogen and oxygen atoms in total. The molecule has 0 aliphatic carbocycles. The van der Waals surface area contributed by atoms with Crippen LogP contribution in [0.15, 0.2) is 73.1 Å². The number of aliphatic hydroxyl groups is 1. The monoisotopic (exact) mass is 526 g/mol. The third-order valence-electron chi connectivity index (χ3n) is 7.25. The van der Waals surface area contributed by atoms with Crippen LogP contribution in [0.4, 0.5) is 4.39 Å². The van der Waals surface area contributed by atoms with Gasteiger partial charge < -0.3 is 10.8 Å². The number of nitrogens with two attached hydrogens (primary N) is 1. The first-order valence-corrected chi connectivity index (χ1v) is 13.0. The van der Waals surface area contributed by atoms with Gasteiger partial charge in [0.2, 0.25) is 5.91 Å². The zero-order valence-electron chi connectivity index (χ0n) is 22.9. The van der Waals surface area contributed by atoms with E-state index in [2.05, 4.69) is 37.8 Å². The van der Waals surface area contributed by atoms with Gasteiger partial charge in [-0.2, -0.15) is 0 Å². The minimum absolute atomic E-state index is 0.210. The Labute approximate surface area is 229 Å². The minimum atomic E-state index is -0.534. The molecule has 1 amide bonds. The highest BCUT2D eigenvalue weighted by Crippen LogP contribution is 2.34. The lowest BCUT2D eigenvalue weighted by molar-refractivity contribution is 0.1000. The summed E-state index contributed by atoms with van der Waals surface area (Å²) in [7, 11) is 0. The number of benzene rings is 2. The summed E-state index contributed by atoms with van der Waals surface area (Å²) in [5.41, 5.74) is 13.0. The molecule has 0 atom stereocenters. The largest absolute Gasteiger partial charge is 0.392 e. The molecule has 2 heterocycles. The fourth-order valence-electron chi connectivity index (χ4n) is 4.98. The van der Waals surface area contributed by atoms with E-state index in [0.717, 1.165) is 39.2 Å². The highest BCUT2D eigenvalue weighted by atomic mass is 19.1. The zero-order chi connectivity index (χ0) is 28.2. The molecule has 0 bridgehead atoms. The number of rotatable bonds is 10. The highest BCUT2D eigenvalue weighted by molar-refractivity contribution is 5.93. The fourth-order valence-corrected chi connectivity index (χ4v) is 4.98. The van der Waals surface area contributed by atoms with Crippen molar-refractivity contribution in [1.82, 2.24) is 14.9 Å². The quantitative estimate of drug-likeness (QED) is 0.291. The fraction of sp³-hybridized carbons (Fsp3) is 0.281. The normalized spacial score (nSPS) is 11.7. The molecule has 7 heteroatoms. The SMILES string of the molecule is Cc1cnc(CN(Cc2ccc(C(N)=O)cc2CO)Cc2ncccc2C(C)(C)c2ccc(F)cc2)c(C)c1. The molecule has 2 aromatic carbocycles. The van der Waals surface area contributed by atoms with Gasteiger partial charge in [-0.25, -0.2) is 4.39 Å². The number of nitrogens with zero attached hydrogens (tertiary/aromatic N) is 3. The van der Waals surface area contributed by atoms with Crippen LogP contribution in [0.25, 0.3) is 0 Å². The summed E-state index contributed by atoms with van der Waals surface area (Å²) in [5.74, 6) is -0.802. The number of aromatic nitrogens is 2. The molecule has 4 rings (SSSR count). The molecule has 0 radical (unpaired) electrons. The first-order chi connectivity index (χ1) is 18.6. The average molecular weight is 527 g/mol. The van der Waals surface area contributed by atoms with Crippen LogP contribution in [0.1, 0.15) is 69.0 Å². The van der Waals surface area contributed by atoms with Gasteiger partial charge in [-0.15, -0.1) is 0 Å². The standard InChI is InChI=1S/C32H35FN4O2/c1-21-14-22(2)29(36-16-21)18-37(17-24-8-7-23(31(34)39)15-25(24)20-38)19-30-28(6-5-13-35-30)32(3,4)26-9-11-27(33)12-10-26/h5-16,38H,17-20H2,1-4H3,(H2,34,39). The molecule has 3 N–H and O–H groups in total. The summed E-state index contributed by atoms with van der Waals surface area (Å²) in [4.78, 5) is 23.4. The van der Waals surface area contributed by atoms with Gasteiger partial charge in [0.15, 0.2) is 0 Å². The Hall–Kier alpha value is -3.94. The maximum Gasteiger partial charge on any atom is 0.248 e. The number of aliphatic hydroxyl groups excluding tert-OH is 1. The van der Waals surface area contributed by atoms with Gasteiger partial charge in [0.1, 0.15) is 5.82 Å². The van der Waals surface area contributed by atoms with Crippen molar-refractivity contribution in [1.29, 1.82) is 0 Å². The second kappa shape index (κ2) is 11.8. The Bertz CT molecular complexity index is 1470. The molecular formula is C32H35FN4O2. The van der Waals surface area contributed by atoms with Crippen LogP contribution in [0, 0.1) is 19.7 Å². The van der Waals surface area contributed by atoms with Crippen LogP contribution in [0.2, 0.25) is 0 Å². The lowest BCUT2D eigenvalue weighted by Gasteiger charge is -2.30. The van der Waals surface area contributed by atoms with E-state index in [0.29, 0.717) is 30.8 Å². The number of hydrogen-bond acceptors (Lipinski definition) is 5. The van der Waals surface area contributed by atoms with E-state index in [1.165, 1.54) is 12.1 Å². The van der Waals surface area contributed by atoms with Crippen molar-refractivity contribution in [2.45, 2.75) is 59.4 Å². The van der Waals surface area contributed by atoms with E-state index < -0.39 is 11.3 Å². The number of hydrogen-bond donors (Lipinski definition) is 2. The summed E-state index contributed by atoms with van der Waals surface area (Å²) in [6.45, 7) is 9.66. The summed E-state index contributed by atoms with van der Waals surface area (Å²) < 4.78 is 13.7. The highest BCUT2D eigenvalue weighted by Gasteiger charge is 2.27. The third kappa shape index (κ3) is 6.56. The second-order valence-corrected chi connectivity index (χ2v) is 10.6. The number of carbonyl (C=O) groups excluding carboxylic acids is 1. The van der Waals surface area contributed by atoms with Crippen LogP contribution in [-0.4, -0.2) is 25.9 Å². The van der Waals surface area contributed by atoms with Gasteiger partial charge in [-0.05, 0) is 77.6 Å². The molecule has 2 aromatic heterocycles. The molecule has 0 unspecified atom stereocenters. The molecule has 0 saturated heterocycles. The molecule has 0 saturated carbocycles. The van der Waals surface area contributed by atoms with E-state index in [4.69, 9.17) is 15.7 Å². The van der Waals surface area contributed by atoms with Crippen molar-refractivity contribution in [2.75, 3.05) is 0 Å². The van der Waals surface area contributed by atoms with Crippen LogP contribution in [0.5, 0.6) is 0 Å². The molecular weight excluding hydrogens is 491 g/mol. The van der Waals surface area contributed by atoms with Gasteiger partial charge in [-0.3, -0.25) is 19.7 Å². The molecule has 0 aliphatic rings. The van der Waals surface area contributed by atoms with E-state index in [1.807, 2.05) is 37.4 Å². The van der Waals surface area contributed by atoms with E-state index in [9.17, 15) is 14.3 Å². The summed E-state index contributed by atoms with van der Waals surface area (Å²) in [6.07, 6.45) is 3.65. The van der Waals surface area contributed by atoms with E-state index >= 15 is 0 Å². The van der Waals surface area contributed by atoms with Crippen LogP contribution in [-0.2, 0) is 31.7 Å². The van der Waals surface area contributed by atoms with Crippen molar-refractivity contribution in [3.63, 3.8) is 0 Å². The Morgan fingerprint density at radius 3 is 2.33 bits per heavy atom. The van der Waals surface area contributed by atoms with Gasteiger partial charge in [0.25, 0.3) is 0 Å². The summed E-state index contributed by atoms with van der Waals surface area (Å²) in [5, 5.41) is 10.1.